The molecule has 0 N–H and O–H groups in total. The number of hydrogen-bond acceptors (Lipinski definition) is 5. The standard InChI is InChI=1S/C13H14N4O/c1-9(11-3-14-7-15-4-11)13(18)10(2)12-5-16-8-17-6-12/h3-10H,1-2H3. The maximum Gasteiger partial charge on any atom is 0.147 e. The van der Waals surface area contributed by atoms with Gasteiger partial charge in [0.05, 0.1) is 0 Å². The van der Waals surface area contributed by atoms with Gasteiger partial charge in [-0.1, -0.05) is 13.8 Å². The van der Waals surface area contributed by atoms with E-state index in [2.05, 4.69) is 19.9 Å². The molecule has 2 unspecified atom stereocenters. The third kappa shape index (κ3) is 2.56. The van der Waals surface area contributed by atoms with Crippen molar-refractivity contribution in [2.75, 3.05) is 0 Å². The van der Waals surface area contributed by atoms with Crippen LogP contribution in [0.4, 0.5) is 0 Å². The lowest BCUT2D eigenvalue weighted by Gasteiger charge is -2.15. The third-order valence-electron chi connectivity index (χ3n) is 3.01. The van der Waals surface area contributed by atoms with E-state index in [1.54, 1.807) is 24.8 Å². The molecule has 0 aromatic carbocycles. The average Bonchev–Trinajstić information content (AvgIpc) is 2.47. The van der Waals surface area contributed by atoms with E-state index in [-0.39, 0.29) is 17.6 Å². The lowest BCUT2D eigenvalue weighted by Crippen LogP contribution is -2.17. The Bertz CT molecular complexity index is 468. The molecule has 5 nitrogen and oxygen atoms in total. The number of hydrogen-bond donors (Lipinski definition) is 0. The van der Waals surface area contributed by atoms with Crippen LogP contribution in [0.1, 0.15) is 36.8 Å². The van der Waals surface area contributed by atoms with E-state index in [1.165, 1.54) is 12.7 Å². The Morgan fingerprint density at radius 3 is 1.50 bits per heavy atom. The minimum absolute atomic E-state index is 0.111. The van der Waals surface area contributed by atoms with Gasteiger partial charge in [0.2, 0.25) is 0 Å². The third-order valence-corrected chi connectivity index (χ3v) is 3.01. The van der Waals surface area contributed by atoms with Crippen molar-refractivity contribution in [3.63, 3.8) is 0 Å². The van der Waals surface area contributed by atoms with Gasteiger partial charge >= 0.3 is 0 Å². The highest BCUT2D eigenvalue weighted by molar-refractivity contribution is 5.90. The normalized spacial score (nSPS) is 13.9. The molecule has 2 heterocycles. The number of carbonyl (C=O) groups excluding carboxylic acids is 1. The Kier molecular flexibility index (Phi) is 3.72. The first-order valence-corrected chi connectivity index (χ1v) is 5.73. The van der Waals surface area contributed by atoms with Crippen molar-refractivity contribution in [2.45, 2.75) is 25.7 Å². The van der Waals surface area contributed by atoms with Crippen LogP contribution in [-0.4, -0.2) is 25.7 Å². The fourth-order valence-electron chi connectivity index (χ4n) is 1.77. The second-order valence-corrected chi connectivity index (χ2v) is 4.19. The first kappa shape index (κ1) is 12.3. The molecule has 0 amide bonds. The highest BCUT2D eigenvalue weighted by Gasteiger charge is 2.23. The van der Waals surface area contributed by atoms with Crippen LogP contribution in [-0.2, 0) is 4.79 Å². The van der Waals surface area contributed by atoms with Gasteiger partial charge in [-0.2, -0.15) is 0 Å². The topological polar surface area (TPSA) is 68.6 Å². The predicted octanol–water partition coefficient (Wildman–Crippen LogP) is 1.74. The van der Waals surface area contributed by atoms with Crippen molar-refractivity contribution >= 4 is 5.78 Å². The molecule has 5 heteroatoms. The average molecular weight is 242 g/mol. The largest absolute Gasteiger partial charge is 0.298 e. The summed E-state index contributed by atoms with van der Waals surface area (Å²) in [6.07, 6.45) is 9.59. The molecule has 0 radical (unpaired) electrons. The lowest BCUT2D eigenvalue weighted by atomic mass is 9.88. The fourth-order valence-corrected chi connectivity index (χ4v) is 1.77. The van der Waals surface area contributed by atoms with Crippen molar-refractivity contribution in [3.8, 4) is 0 Å². The van der Waals surface area contributed by atoms with E-state index in [0.717, 1.165) is 11.1 Å². The van der Waals surface area contributed by atoms with Crippen molar-refractivity contribution in [2.24, 2.45) is 0 Å². The maximum absolute atomic E-state index is 12.3. The molecular weight excluding hydrogens is 228 g/mol. The van der Waals surface area contributed by atoms with Crippen LogP contribution in [0.3, 0.4) is 0 Å². The summed E-state index contributed by atoms with van der Waals surface area (Å²) in [5, 5.41) is 0. The van der Waals surface area contributed by atoms with E-state index in [1.807, 2.05) is 13.8 Å². The van der Waals surface area contributed by atoms with Crippen LogP contribution in [0.5, 0.6) is 0 Å². The first-order valence-electron chi connectivity index (χ1n) is 5.73. The molecule has 2 rings (SSSR count). The van der Waals surface area contributed by atoms with E-state index in [9.17, 15) is 4.79 Å². The van der Waals surface area contributed by atoms with Gasteiger partial charge in [-0.05, 0) is 11.1 Å². The van der Waals surface area contributed by atoms with E-state index < -0.39 is 0 Å². The van der Waals surface area contributed by atoms with E-state index in [4.69, 9.17) is 0 Å². The SMILES string of the molecule is CC(C(=O)C(C)c1cncnc1)c1cncnc1. The van der Waals surface area contributed by atoms with Crippen molar-refractivity contribution in [1.82, 2.24) is 19.9 Å². The molecule has 0 saturated heterocycles. The summed E-state index contributed by atoms with van der Waals surface area (Å²) in [5.41, 5.74) is 1.65. The molecule has 0 aliphatic rings. The van der Waals surface area contributed by atoms with Crippen LogP contribution < -0.4 is 0 Å². The molecule has 0 spiro atoms. The summed E-state index contributed by atoms with van der Waals surface area (Å²) in [5.74, 6) is -0.359. The number of aromatic nitrogens is 4. The zero-order valence-corrected chi connectivity index (χ0v) is 10.3. The zero-order valence-electron chi connectivity index (χ0n) is 10.3. The summed E-state index contributed by atoms with van der Waals surface area (Å²) in [7, 11) is 0. The maximum atomic E-state index is 12.3. The molecule has 92 valence electrons. The summed E-state index contributed by atoms with van der Waals surface area (Å²) in [6.45, 7) is 3.72. The fraction of sp³-hybridized carbons (Fsp3) is 0.308. The Morgan fingerprint density at radius 2 is 1.17 bits per heavy atom. The highest BCUT2D eigenvalue weighted by Crippen LogP contribution is 2.24. The summed E-state index contributed by atoms with van der Waals surface area (Å²) in [6, 6.07) is 0. The second kappa shape index (κ2) is 5.44. The van der Waals surface area contributed by atoms with Crippen LogP contribution in [0.15, 0.2) is 37.4 Å². The van der Waals surface area contributed by atoms with Crippen LogP contribution >= 0.6 is 0 Å². The van der Waals surface area contributed by atoms with Gasteiger partial charge in [0.1, 0.15) is 18.4 Å². The van der Waals surface area contributed by atoms with Gasteiger partial charge in [0, 0.05) is 36.6 Å². The Morgan fingerprint density at radius 1 is 0.833 bits per heavy atom. The Labute approximate surface area is 105 Å². The molecule has 0 aliphatic carbocycles. The number of Topliss-reactive ketones (excluding diaryl/α,β-unsaturated/α-hetero) is 1. The lowest BCUT2D eigenvalue weighted by molar-refractivity contribution is -0.121. The molecule has 0 bridgehead atoms. The number of carbonyl (C=O) groups is 1. The summed E-state index contributed by atoms with van der Waals surface area (Å²) < 4.78 is 0. The molecule has 18 heavy (non-hydrogen) atoms. The number of ketones is 1. The van der Waals surface area contributed by atoms with Gasteiger partial charge in [-0.15, -0.1) is 0 Å². The van der Waals surface area contributed by atoms with Gasteiger partial charge in [0.25, 0.3) is 0 Å². The zero-order chi connectivity index (χ0) is 13.0. The molecule has 2 atom stereocenters. The van der Waals surface area contributed by atoms with E-state index in [0.29, 0.717) is 0 Å². The molecule has 2 aromatic rings. The van der Waals surface area contributed by atoms with Crippen LogP contribution in [0, 0.1) is 0 Å². The Balaban J connectivity index is 2.17. The predicted molar refractivity (Wildman–Crippen MR) is 65.9 cm³/mol. The van der Waals surface area contributed by atoms with Crippen molar-refractivity contribution in [3.05, 3.63) is 48.6 Å². The van der Waals surface area contributed by atoms with E-state index >= 15 is 0 Å². The summed E-state index contributed by atoms with van der Waals surface area (Å²) >= 11 is 0. The second-order valence-electron chi connectivity index (χ2n) is 4.19. The van der Waals surface area contributed by atoms with Gasteiger partial charge in [0.15, 0.2) is 0 Å². The van der Waals surface area contributed by atoms with Gasteiger partial charge in [-0.25, -0.2) is 19.9 Å². The van der Waals surface area contributed by atoms with Crippen LogP contribution in [0.2, 0.25) is 0 Å². The molecule has 0 fully saturated rings. The van der Waals surface area contributed by atoms with Gasteiger partial charge < -0.3 is 0 Å². The molecule has 0 saturated carbocycles. The van der Waals surface area contributed by atoms with Crippen molar-refractivity contribution in [1.29, 1.82) is 0 Å². The Hall–Kier alpha value is -2.17. The highest BCUT2D eigenvalue weighted by atomic mass is 16.1. The van der Waals surface area contributed by atoms with Crippen molar-refractivity contribution < 1.29 is 4.79 Å². The minimum atomic E-state index is -0.235. The summed E-state index contributed by atoms with van der Waals surface area (Å²) in [4.78, 5) is 28.1. The van der Waals surface area contributed by atoms with Gasteiger partial charge in [-0.3, -0.25) is 4.79 Å². The molecule has 2 aromatic heterocycles. The number of nitrogens with zero attached hydrogens (tertiary/aromatic N) is 4. The first-order chi connectivity index (χ1) is 8.70. The smallest absolute Gasteiger partial charge is 0.147 e. The minimum Gasteiger partial charge on any atom is -0.298 e. The quantitative estimate of drug-likeness (QED) is 0.816. The van der Waals surface area contributed by atoms with Crippen LogP contribution in [0.25, 0.3) is 0 Å². The monoisotopic (exact) mass is 242 g/mol. The molecule has 0 aliphatic heterocycles. The number of rotatable bonds is 4. The molecular formula is C13H14N4O.